The van der Waals surface area contributed by atoms with Gasteiger partial charge in [0.05, 0.1) is 13.2 Å². The van der Waals surface area contributed by atoms with Crippen molar-refractivity contribution in [1.29, 1.82) is 0 Å². The van der Waals surface area contributed by atoms with Crippen LogP contribution in [0.2, 0.25) is 5.02 Å². The first kappa shape index (κ1) is 17.9. The van der Waals surface area contributed by atoms with E-state index in [9.17, 15) is 9.59 Å². The topological polar surface area (TPSA) is 61.2 Å². The van der Waals surface area contributed by atoms with Gasteiger partial charge in [-0.25, -0.2) is 4.98 Å². The molecule has 0 radical (unpaired) electrons. The molecule has 4 aromatic rings. The third-order valence-corrected chi connectivity index (χ3v) is 5.64. The molecule has 0 saturated heterocycles. The average molecular weight is 399 g/mol. The molecule has 0 aliphatic carbocycles. The second kappa shape index (κ2) is 7.23. The SMILES string of the molecule is COCCn1c(-c2ccc(Cl)cc2)nc2sc3ccccc3c(=O)c2c1=O. The summed E-state index contributed by atoms with van der Waals surface area (Å²) in [7, 11) is 1.57. The normalized spacial score (nSPS) is 11.3. The minimum atomic E-state index is -0.353. The second-order valence-corrected chi connectivity index (χ2v) is 7.47. The van der Waals surface area contributed by atoms with E-state index in [4.69, 9.17) is 16.3 Å². The first-order valence-corrected chi connectivity index (χ1v) is 9.51. The minimum absolute atomic E-state index is 0.118. The van der Waals surface area contributed by atoms with Crippen molar-refractivity contribution in [3.63, 3.8) is 0 Å². The number of aromatic nitrogens is 2. The van der Waals surface area contributed by atoms with Gasteiger partial charge in [0.1, 0.15) is 16.0 Å². The predicted molar refractivity (Wildman–Crippen MR) is 110 cm³/mol. The van der Waals surface area contributed by atoms with E-state index in [1.54, 1.807) is 31.4 Å². The van der Waals surface area contributed by atoms with Crippen molar-refractivity contribution in [1.82, 2.24) is 9.55 Å². The number of hydrogen-bond acceptors (Lipinski definition) is 5. The Kier molecular flexibility index (Phi) is 4.78. The Hall–Kier alpha value is -2.54. The first-order chi connectivity index (χ1) is 13.1. The lowest BCUT2D eigenvalue weighted by Crippen LogP contribution is -2.28. The maximum atomic E-state index is 13.2. The third kappa shape index (κ3) is 3.16. The highest BCUT2D eigenvalue weighted by Gasteiger charge is 2.17. The number of methoxy groups -OCH3 is 1. The van der Waals surface area contributed by atoms with Crippen LogP contribution in [0.25, 0.3) is 31.7 Å². The fraction of sp³-hybridized carbons (Fsp3) is 0.150. The molecule has 5 nitrogen and oxygen atoms in total. The van der Waals surface area contributed by atoms with Gasteiger partial charge in [-0.2, -0.15) is 0 Å². The Bertz CT molecular complexity index is 1260. The number of halogens is 1. The van der Waals surface area contributed by atoms with Crippen molar-refractivity contribution < 1.29 is 4.74 Å². The molecule has 0 saturated carbocycles. The van der Waals surface area contributed by atoms with Crippen LogP contribution in [0.3, 0.4) is 0 Å². The molecule has 0 unspecified atom stereocenters. The van der Waals surface area contributed by atoms with Gasteiger partial charge in [0.25, 0.3) is 5.56 Å². The van der Waals surface area contributed by atoms with E-state index >= 15 is 0 Å². The van der Waals surface area contributed by atoms with E-state index in [1.165, 1.54) is 15.9 Å². The van der Waals surface area contributed by atoms with E-state index in [-0.39, 0.29) is 16.4 Å². The molecule has 2 heterocycles. The van der Waals surface area contributed by atoms with Crippen LogP contribution in [0.5, 0.6) is 0 Å². The van der Waals surface area contributed by atoms with Crippen molar-refractivity contribution in [2.24, 2.45) is 0 Å². The summed E-state index contributed by atoms with van der Waals surface area (Å²) in [5.41, 5.74) is 0.113. The van der Waals surface area contributed by atoms with Crippen LogP contribution in [-0.4, -0.2) is 23.3 Å². The summed E-state index contributed by atoms with van der Waals surface area (Å²) in [6.45, 7) is 0.631. The molecule has 2 aromatic heterocycles. The van der Waals surface area contributed by atoms with Gasteiger partial charge in [0.2, 0.25) is 5.43 Å². The van der Waals surface area contributed by atoms with Crippen molar-refractivity contribution >= 4 is 43.2 Å². The van der Waals surface area contributed by atoms with Crippen LogP contribution in [0.4, 0.5) is 0 Å². The van der Waals surface area contributed by atoms with Crippen LogP contribution in [0.1, 0.15) is 0 Å². The summed E-state index contributed by atoms with van der Waals surface area (Å²) in [5, 5.41) is 1.25. The average Bonchev–Trinajstić information content (AvgIpc) is 2.68. The van der Waals surface area contributed by atoms with Gasteiger partial charge in [-0.3, -0.25) is 14.2 Å². The molecular formula is C20H15ClN2O3S. The van der Waals surface area contributed by atoms with E-state index in [0.717, 1.165) is 10.3 Å². The van der Waals surface area contributed by atoms with Gasteiger partial charge in [-0.15, -0.1) is 11.3 Å². The molecule has 0 spiro atoms. The van der Waals surface area contributed by atoms with E-state index in [2.05, 4.69) is 4.98 Å². The molecule has 0 atom stereocenters. The number of rotatable bonds is 4. The Labute approximate surface area is 163 Å². The zero-order valence-electron chi connectivity index (χ0n) is 14.4. The standard InChI is InChI=1S/C20H15ClN2O3S/c1-26-11-10-23-18(12-6-8-13(21)9-7-12)22-19-16(20(23)25)17(24)14-4-2-3-5-15(14)27-19/h2-9H,10-11H2,1H3. The molecule has 0 bridgehead atoms. The molecule has 0 N–H and O–H groups in total. The summed E-state index contributed by atoms with van der Waals surface area (Å²) in [6.07, 6.45) is 0. The first-order valence-electron chi connectivity index (χ1n) is 8.31. The zero-order chi connectivity index (χ0) is 19.0. The van der Waals surface area contributed by atoms with E-state index in [0.29, 0.717) is 34.2 Å². The highest BCUT2D eigenvalue weighted by atomic mass is 35.5. The number of hydrogen-bond donors (Lipinski definition) is 0. The zero-order valence-corrected chi connectivity index (χ0v) is 16.0. The molecule has 27 heavy (non-hydrogen) atoms. The Morgan fingerprint density at radius 2 is 1.85 bits per heavy atom. The second-order valence-electron chi connectivity index (χ2n) is 6.00. The molecule has 0 aliphatic rings. The van der Waals surface area contributed by atoms with Crippen molar-refractivity contribution in [3.8, 4) is 11.4 Å². The van der Waals surface area contributed by atoms with Crippen LogP contribution in [0, 0.1) is 0 Å². The summed E-state index contributed by atoms with van der Waals surface area (Å²) < 4.78 is 7.44. The fourth-order valence-corrected chi connectivity index (χ4v) is 4.16. The molecule has 2 aromatic carbocycles. The number of ether oxygens (including phenoxy) is 1. The largest absolute Gasteiger partial charge is 0.383 e. The van der Waals surface area contributed by atoms with Crippen LogP contribution in [-0.2, 0) is 11.3 Å². The molecule has 136 valence electrons. The number of nitrogens with zero attached hydrogens (tertiary/aromatic N) is 2. The fourth-order valence-electron chi connectivity index (χ4n) is 2.99. The molecule has 7 heteroatoms. The third-order valence-electron chi connectivity index (χ3n) is 4.32. The summed E-state index contributed by atoms with van der Waals surface area (Å²) in [4.78, 5) is 31.3. The lowest BCUT2D eigenvalue weighted by molar-refractivity contribution is 0.186. The molecular weight excluding hydrogens is 384 g/mol. The Balaban J connectivity index is 2.10. The van der Waals surface area contributed by atoms with Gasteiger partial charge >= 0.3 is 0 Å². The summed E-state index contributed by atoms with van der Waals surface area (Å²) >= 11 is 7.33. The Morgan fingerprint density at radius 3 is 2.59 bits per heavy atom. The van der Waals surface area contributed by atoms with Gasteiger partial charge in [-0.1, -0.05) is 23.7 Å². The number of benzene rings is 2. The van der Waals surface area contributed by atoms with Crippen LogP contribution < -0.4 is 11.0 Å². The molecule has 0 aliphatic heterocycles. The molecule has 0 amide bonds. The molecule has 0 fully saturated rings. The van der Waals surface area contributed by atoms with Gasteiger partial charge in [0, 0.05) is 27.8 Å². The van der Waals surface area contributed by atoms with Crippen LogP contribution >= 0.6 is 22.9 Å². The van der Waals surface area contributed by atoms with Crippen molar-refractivity contribution in [3.05, 3.63) is 74.1 Å². The smallest absolute Gasteiger partial charge is 0.266 e. The van der Waals surface area contributed by atoms with Gasteiger partial charge in [0.15, 0.2) is 0 Å². The van der Waals surface area contributed by atoms with Crippen molar-refractivity contribution in [2.45, 2.75) is 6.54 Å². The van der Waals surface area contributed by atoms with Gasteiger partial charge < -0.3 is 4.74 Å². The lowest BCUT2D eigenvalue weighted by atomic mass is 10.2. The molecule has 4 rings (SSSR count). The monoisotopic (exact) mass is 398 g/mol. The quantitative estimate of drug-likeness (QED) is 0.488. The van der Waals surface area contributed by atoms with E-state index < -0.39 is 0 Å². The van der Waals surface area contributed by atoms with Crippen LogP contribution in [0.15, 0.2) is 58.1 Å². The maximum Gasteiger partial charge on any atom is 0.266 e. The highest BCUT2D eigenvalue weighted by Crippen LogP contribution is 2.25. The Morgan fingerprint density at radius 1 is 1.11 bits per heavy atom. The maximum absolute atomic E-state index is 13.2. The summed E-state index contributed by atoms with van der Waals surface area (Å²) in [5.74, 6) is 0.493. The number of fused-ring (bicyclic) bond motifs is 2. The highest BCUT2D eigenvalue weighted by molar-refractivity contribution is 7.24. The minimum Gasteiger partial charge on any atom is -0.383 e. The lowest BCUT2D eigenvalue weighted by Gasteiger charge is -2.13. The predicted octanol–water partition coefficient (Wildman–Crippen LogP) is 3.94. The van der Waals surface area contributed by atoms with E-state index in [1.807, 2.05) is 24.3 Å². The van der Waals surface area contributed by atoms with Crippen molar-refractivity contribution in [2.75, 3.05) is 13.7 Å². The van der Waals surface area contributed by atoms with Gasteiger partial charge in [-0.05, 0) is 36.4 Å². The summed E-state index contributed by atoms with van der Waals surface area (Å²) in [6, 6.07) is 14.4.